The third kappa shape index (κ3) is 7.02. The third-order valence-corrected chi connectivity index (χ3v) is 3.39. The molecule has 0 heterocycles. The van der Waals surface area contributed by atoms with Gasteiger partial charge in [0.2, 0.25) is 0 Å². The first-order valence-electron chi connectivity index (χ1n) is 6.84. The van der Waals surface area contributed by atoms with E-state index in [-0.39, 0.29) is 0 Å². The van der Waals surface area contributed by atoms with Crippen molar-refractivity contribution in [2.45, 2.75) is 45.6 Å². The molecule has 1 aromatic carbocycles. The lowest BCUT2D eigenvalue weighted by Gasteiger charge is -2.14. The second kappa shape index (κ2) is 9.40. The molecule has 0 aliphatic carbocycles. The summed E-state index contributed by atoms with van der Waals surface area (Å²) in [6.07, 6.45) is 5.20. The lowest BCUT2D eigenvalue weighted by molar-refractivity contribution is 0.304. The zero-order valence-electron chi connectivity index (χ0n) is 11.4. The number of ether oxygens (including phenoxy) is 1. The summed E-state index contributed by atoms with van der Waals surface area (Å²) in [6.45, 7) is 6.10. The molecule has 0 bridgehead atoms. The van der Waals surface area contributed by atoms with E-state index in [1.165, 1.54) is 25.7 Å². The van der Waals surface area contributed by atoms with Crippen molar-refractivity contribution in [3.8, 4) is 5.75 Å². The van der Waals surface area contributed by atoms with E-state index < -0.39 is 0 Å². The molecule has 1 N–H and O–H groups in total. The van der Waals surface area contributed by atoms with E-state index in [4.69, 9.17) is 4.74 Å². The molecular weight excluding hydrogens is 290 g/mol. The van der Waals surface area contributed by atoms with Crippen LogP contribution in [0.25, 0.3) is 0 Å². The number of unbranched alkanes of at least 4 members (excludes halogenated alkanes) is 2. The van der Waals surface area contributed by atoms with Crippen molar-refractivity contribution in [2.24, 2.45) is 0 Å². The Kier molecular flexibility index (Phi) is 8.10. The molecule has 0 fully saturated rings. The predicted octanol–water partition coefficient (Wildman–Crippen LogP) is 4.39. The summed E-state index contributed by atoms with van der Waals surface area (Å²) >= 11 is 3.43. The van der Waals surface area contributed by atoms with Crippen molar-refractivity contribution in [3.05, 3.63) is 28.7 Å². The quantitative estimate of drug-likeness (QED) is 0.683. The molecule has 1 atom stereocenters. The van der Waals surface area contributed by atoms with Crippen LogP contribution in [0.1, 0.15) is 39.5 Å². The van der Waals surface area contributed by atoms with Crippen molar-refractivity contribution >= 4 is 15.9 Å². The standard InChI is InChI=1S/C15H24BrNO/c1-3-4-5-7-13(2)17-10-11-18-15-9-6-8-14(16)12-15/h6,8-9,12-13,17H,3-5,7,10-11H2,1-2H3. The van der Waals surface area contributed by atoms with Crippen LogP contribution in [0.2, 0.25) is 0 Å². The minimum Gasteiger partial charge on any atom is -0.492 e. The Morgan fingerprint density at radius 1 is 1.33 bits per heavy atom. The maximum atomic E-state index is 5.67. The Morgan fingerprint density at radius 3 is 2.89 bits per heavy atom. The van der Waals surface area contributed by atoms with Crippen LogP contribution in [0.15, 0.2) is 28.7 Å². The van der Waals surface area contributed by atoms with Crippen LogP contribution in [-0.4, -0.2) is 19.2 Å². The largest absolute Gasteiger partial charge is 0.492 e. The summed E-state index contributed by atoms with van der Waals surface area (Å²) in [5, 5.41) is 3.49. The maximum absolute atomic E-state index is 5.67. The third-order valence-electron chi connectivity index (χ3n) is 2.90. The highest BCUT2D eigenvalue weighted by Gasteiger charge is 2.00. The van der Waals surface area contributed by atoms with Gasteiger partial charge in [-0.3, -0.25) is 0 Å². The Morgan fingerprint density at radius 2 is 2.17 bits per heavy atom. The maximum Gasteiger partial charge on any atom is 0.120 e. The minimum absolute atomic E-state index is 0.586. The number of benzene rings is 1. The van der Waals surface area contributed by atoms with Gasteiger partial charge in [-0.1, -0.05) is 48.2 Å². The number of halogens is 1. The molecule has 18 heavy (non-hydrogen) atoms. The summed E-state index contributed by atoms with van der Waals surface area (Å²) in [4.78, 5) is 0. The van der Waals surface area contributed by atoms with Gasteiger partial charge in [-0.05, 0) is 31.5 Å². The molecule has 1 aromatic rings. The van der Waals surface area contributed by atoms with E-state index in [0.717, 1.165) is 16.8 Å². The predicted molar refractivity (Wildman–Crippen MR) is 81.2 cm³/mol. The van der Waals surface area contributed by atoms with Crippen LogP contribution in [0.4, 0.5) is 0 Å². The SMILES string of the molecule is CCCCCC(C)NCCOc1cccc(Br)c1. The number of hydrogen-bond donors (Lipinski definition) is 1. The molecule has 102 valence electrons. The molecule has 1 rings (SSSR count). The highest BCUT2D eigenvalue weighted by molar-refractivity contribution is 9.10. The van der Waals surface area contributed by atoms with Crippen LogP contribution in [-0.2, 0) is 0 Å². The van der Waals surface area contributed by atoms with Crippen molar-refractivity contribution < 1.29 is 4.74 Å². The molecular formula is C15H24BrNO. The molecule has 1 unspecified atom stereocenters. The number of hydrogen-bond acceptors (Lipinski definition) is 2. The first-order chi connectivity index (χ1) is 8.72. The second-order valence-electron chi connectivity index (χ2n) is 4.66. The molecule has 0 aliphatic heterocycles. The fourth-order valence-electron chi connectivity index (χ4n) is 1.83. The van der Waals surface area contributed by atoms with Gasteiger partial charge >= 0.3 is 0 Å². The summed E-state index contributed by atoms with van der Waals surface area (Å²) in [7, 11) is 0. The minimum atomic E-state index is 0.586. The van der Waals surface area contributed by atoms with Gasteiger partial charge < -0.3 is 10.1 Å². The molecule has 2 nitrogen and oxygen atoms in total. The highest BCUT2D eigenvalue weighted by Crippen LogP contribution is 2.17. The lowest BCUT2D eigenvalue weighted by Crippen LogP contribution is -2.30. The Hall–Kier alpha value is -0.540. The van der Waals surface area contributed by atoms with Gasteiger partial charge in [0, 0.05) is 17.1 Å². The van der Waals surface area contributed by atoms with E-state index in [0.29, 0.717) is 12.6 Å². The van der Waals surface area contributed by atoms with E-state index in [2.05, 4.69) is 35.1 Å². The van der Waals surface area contributed by atoms with Crippen molar-refractivity contribution in [1.82, 2.24) is 5.32 Å². The van der Waals surface area contributed by atoms with Gasteiger partial charge in [0.05, 0.1) is 0 Å². The van der Waals surface area contributed by atoms with Crippen LogP contribution < -0.4 is 10.1 Å². The average molecular weight is 314 g/mol. The Bertz CT molecular complexity index is 330. The fourth-order valence-corrected chi connectivity index (χ4v) is 2.21. The fraction of sp³-hybridized carbons (Fsp3) is 0.600. The second-order valence-corrected chi connectivity index (χ2v) is 5.57. The molecule has 0 saturated carbocycles. The van der Waals surface area contributed by atoms with Crippen molar-refractivity contribution in [1.29, 1.82) is 0 Å². The van der Waals surface area contributed by atoms with Gasteiger partial charge in [-0.2, -0.15) is 0 Å². The molecule has 0 radical (unpaired) electrons. The monoisotopic (exact) mass is 313 g/mol. The van der Waals surface area contributed by atoms with E-state index in [1.54, 1.807) is 0 Å². The number of nitrogens with one attached hydrogen (secondary N) is 1. The topological polar surface area (TPSA) is 21.3 Å². The van der Waals surface area contributed by atoms with Gasteiger partial charge in [-0.25, -0.2) is 0 Å². The molecule has 0 aromatic heterocycles. The smallest absolute Gasteiger partial charge is 0.120 e. The molecule has 0 amide bonds. The zero-order chi connectivity index (χ0) is 13.2. The van der Waals surface area contributed by atoms with Gasteiger partial charge in [-0.15, -0.1) is 0 Å². The summed E-state index contributed by atoms with van der Waals surface area (Å²) in [6, 6.07) is 8.55. The summed E-state index contributed by atoms with van der Waals surface area (Å²) in [5.41, 5.74) is 0. The van der Waals surface area contributed by atoms with E-state index in [9.17, 15) is 0 Å². The van der Waals surface area contributed by atoms with Crippen LogP contribution >= 0.6 is 15.9 Å². The van der Waals surface area contributed by atoms with Crippen LogP contribution in [0.5, 0.6) is 5.75 Å². The lowest BCUT2D eigenvalue weighted by atomic mass is 10.1. The number of rotatable bonds is 9. The van der Waals surface area contributed by atoms with Crippen LogP contribution in [0.3, 0.4) is 0 Å². The van der Waals surface area contributed by atoms with Gasteiger partial charge in [0.25, 0.3) is 0 Å². The van der Waals surface area contributed by atoms with E-state index in [1.807, 2.05) is 24.3 Å². The first kappa shape index (κ1) is 15.5. The average Bonchev–Trinajstić information content (AvgIpc) is 2.35. The van der Waals surface area contributed by atoms with Gasteiger partial charge in [0.15, 0.2) is 0 Å². The molecule has 0 aliphatic rings. The molecule has 3 heteroatoms. The zero-order valence-corrected chi connectivity index (χ0v) is 13.0. The van der Waals surface area contributed by atoms with E-state index >= 15 is 0 Å². The highest BCUT2D eigenvalue weighted by atomic mass is 79.9. The molecule has 0 saturated heterocycles. The summed E-state index contributed by atoms with van der Waals surface area (Å²) < 4.78 is 6.73. The normalized spacial score (nSPS) is 12.4. The Labute approximate surface area is 119 Å². The van der Waals surface area contributed by atoms with Crippen molar-refractivity contribution in [3.63, 3.8) is 0 Å². The van der Waals surface area contributed by atoms with Crippen molar-refractivity contribution in [2.75, 3.05) is 13.2 Å². The van der Waals surface area contributed by atoms with Crippen LogP contribution in [0, 0.1) is 0 Å². The summed E-state index contributed by atoms with van der Waals surface area (Å²) in [5.74, 6) is 0.921. The molecule has 0 spiro atoms. The first-order valence-corrected chi connectivity index (χ1v) is 7.63. The Balaban J connectivity index is 2.07. The van der Waals surface area contributed by atoms with Gasteiger partial charge in [0.1, 0.15) is 12.4 Å².